The molecule has 1 aliphatic rings. The molecule has 7 nitrogen and oxygen atoms in total. The second-order valence-electron chi connectivity index (χ2n) is 7.18. The summed E-state index contributed by atoms with van der Waals surface area (Å²) < 4.78 is 5.17. The molecule has 0 bridgehead atoms. The SMILES string of the molecule is CN(C)C(=O)c1ccc(CNC(=O)C2CCCN(C(=O)c3ccco3)C2)cc1. The fourth-order valence-corrected chi connectivity index (χ4v) is 3.29. The number of likely N-dealkylation sites (tertiary alicyclic amines) is 1. The smallest absolute Gasteiger partial charge is 0.289 e. The zero-order valence-electron chi connectivity index (χ0n) is 16.2. The summed E-state index contributed by atoms with van der Waals surface area (Å²) >= 11 is 0. The van der Waals surface area contributed by atoms with Gasteiger partial charge in [0.25, 0.3) is 11.8 Å². The minimum atomic E-state index is -0.234. The van der Waals surface area contributed by atoms with Gasteiger partial charge in [-0.15, -0.1) is 0 Å². The number of hydrogen-bond donors (Lipinski definition) is 1. The molecule has 0 aliphatic carbocycles. The normalized spacial score (nSPS) is 16.5. The lowest BCUT2D eigenvalue weighted by Gasteiger charge is -2.31. The molecule has 0 saturated carbocycles. The van der Waals surface area contributed by atoms with Crippen LogP contribution in [0.2, 0.25) is 0 Å². The number of hydrogen-bond acceptors (Lipinski definition) is 4. The van der Waals surface area contributed by atoms with E-state index in [4.69, 9.17) is 4.42 Å². The van der Waals surface area contributed by atoms with Crippen molar-refractivity contribution in [1.82, 2.24) is 15.1 Å². The molecule has 28 heavy (non-hydrogen) atoms. The van der Waals surface area contributed by atoms with Crippen LogP contribution >= 0.6 is 0 Å². The van der Waals surface area contributed by atoms with E-state index in [1.165, 1.54) is 11.2 Å². The Kier molecular flexibility index (Phi) is 6.13. The fourth-order valence-electron chi connectivity index (χ4n) is 3.29. The Morgan fingerprint density at radius 1 is 1.18 bits per heavy atom. The van der Waals surface area contributed by atoms with Crippen LogP contribution in [0, 0.1) is 5.92 Å². The van der Waals surface area contributed by atoms with E-state index < -0.39 is 0 Å². The maximum absolute atomic E-state index is 12.6. The topological polar surface area (TPSA) is 82.9 Å². The van der Waals surface area contributed by atoms with Crippen molar-refractivity contribution in [1.29, 1.82) is 0 Å². The largest absolute Gasteiger partial charge is 0.459 e. The van der Waals surface area contributed by atoms with Gasteiger partial charge < -0.3 is 19.5 Å². The summed E-state index contributed by atoms with van der Waals surface area (Å²) in [6.07, 6.45) is 3.01. The van der Waals surface area contributed by atoms with Crippen LogP contribution in [0.4, 0.5) is 0 Å². The molecule has 1 saturated heterocycles. The lowest BCUT2D eigenvalue weighted by molar-refractivity contribution is -0.126. The first kappa shape index (κ1) is 19.7. The molecule has 2 aromatic rings. The van der Waals surface area contributed by atoms with E-state index in [0.717, 1.165) is 18.4 Å². The summed E-state index contributed by atoms with van der Waals surface area (Å²) in [7, 11) is 3.42. The van der Waals surface area contributed by atoms with Crippen molar-refractivity contribution in [3.8, 4) is 0 Å². The molecule has 7 heteroatoms. The average Bonchev–Trinajstić information content (AvgIpc) is 3.26. The number of carbonyl (C=O) groups is 3. The summed E-state index contributed by atoms with van der Waals surface area (Å²) in [6.45, 7) is 1.41. The van der Waals surface area contributed by atoms with E-state index in [1.54, 1.807) is 43.3 Å². The Labute approximate surface area is 164 Å². The molecule has 1 atom stereocenters. The van der Waals surface area contributed by atoms with Gasteiger partial charge in [0.2, 0.25) is 5.91 Å². The first-order valence-corrected chi connectivity index (χ1v) is 9.37. The van der Waals surface area contributed by atoms with Crippen molar-refractivity contribution in [2.45, 2.75) is 19.4 Å². The molecule has 1 fully saturated rings. The van der Waals surface area contributed by atoms with Crippen molar-refractivity contribution in [3.05, 3.63) is 59.5 Å². The second kappa shape index (κ2) is 8.73. The number of benzene rings is 1. The summed E-state index contributed by atoms with van der Waals surface area (Å²) in [5, 5.41) is 2.94. The molecule has 2 heterocycles. The molecule has 1 N–H and O–H groups in total. The first-order chi connectivity index (χ1) is 13.5. The van der Waals surface area contributed by atoms with Gasteiger partial charge in [0.1, 0.15) is 0 Å². The number of nitrogens with one attached hydrogen (secondary N) is 1. The standard InChI is InChI=1S/C21H25N3O4/c1-23(2)20(26)16-9-7-15(8-10-16)13-22-19(25)17-5-3-11-24(14-17)21(27)18-6-4-12-28-18/h4,6-10,12,17H,3,5,11,13-14H2,1-2H3,(H,22,25). The third-order valence-corrected chi connectivity index (χ3v) is 4.89. The van der Waals surface area contributed by atoms with E-state index in [1.807, 2.05) is 12.1 Å². The average molecular weight is 383 g/mol. The number of furan rings is 1. The van der Waals surface area contributed by atoms with Crippen LogP contribution in [-0.2, 0) is 11.3 Å². The van der Waals surface area contributed by atoms with Crippen LogP contribution in [0.5, 0.6) is 0 Å². The molecular formula is C21H25N3O4. The molecule has 1 unspecified atom stereocenters. The molecule has 3 rings (SSSR count). The zero-order valence-corrected chi connectivity index (χ0v) is 16.2. The Balaban J connectivity index is 1.53. The van der Waals surface area contributed by atoms with Crippen molar-refractivity contribution >= 4 is 17.7 Å². The summed E-state index contributed by atoms with van der Waals surface area (Å²) in [6, 6.07) is 10.5. The van der Waals surface area contributed by atoms with Crippen LogP contribution in [-0.4, -0.2) is 54.7 Å². The fraction of sp³-hybridized carbons (Fsp3) is 0.381. The molecular weight excluding hydrogens is 358 g/mol. The van der Waals surface area contributed by atoms with E-state index in [9.17, 15) is 14.4 Å². The Morgan fingerprint density at radius 3 is 2.57 bits per heavy atom. The van der Waals surface area contributed by atoms with E-state index >= 15 is 0 Å². The molecule has 148 valence electrons. The van der Waals surface area contributed by atoms with Gasteiger partial charge in [0.05, 0.1) is 12.2 Å². The second-order valence-corrected chi connectivity index (χ2v) is 7.18. The van der Waals surface area contributed by atoms with E-state index in [0.29, 0.717) is 31.0 Å². The quantitative estimate of drug-likeness (QED) is 0.858. The van der Waals surface area contributed by atoms with Crippen LogP contribution in [0.15, 0.2) is 47.1 Å². The highest BCUT2D eigenvalue weighted by Crippen LogP contribution is 2.19. The third-order valence-electron chi connectivity index (χ3n) is 4.89. The van der Waals surface area contributed by atoms with Crippen molar-refractivity contribution in [2.75, 3.05) is 27.2 Å². The van der Waals surface area contributed by atoms with Gasteiger partial charge in [0, 0.05) is 39.3 Å². The first-order valence-electron chi connectivity index (χ1n) is 9.37. The number of amides is 3. The summed E-state index contributed by atoms with van der Waals surface area (Å²) in [5.41, 5.74) is 1.53. The number of carbonyl (C=O) groups excluding carboxylic acids is 3. The van der Waals surface area contributed by atoms with Gasteiger partial charge >= 0.3 is 0 Å². The maximum atomic E-state index is 12.6. The minimum absolute atomic E-state index is 0.0564. The molecule has 3 amide bonds. The van der Waals surface area contributed by atoms with E-state index in [2.05, 4.69) is 5.32 Å². The Hall–Kier alpha value is -3.09. The van der Waals surface area contributed by atoms with Gasteiger partial charge in [-0.1, -0.05) is 12.1 Å². The molecule has 0 spiro atoms. The van der Waals surface area contributed by atoms with Gasteiger partial charge in [-0.2, -0.15) is 0 Å². The zero-order chi connectivity index (χ0) is 20.1. The van der Waals surface area contributed by atoms with Gasteiger partial charge in [-0.3, -0.25) is 14.4 Å². The summed E-state index contributed by atoms with van der Waals surface area (Å²) in [5.74, 6) is -0.233. The maximum Gasteiger partial charge on any atom is 0.289 e. The molecule has 0 radical (unpaired) electrons. The lowest BCUT2D eigenvalue weighted by atomic mass is 9.96. The molecule has 1 aliphatic heterocycles. The molecule has 1 aromatic heterocycles. The van der Waals surface area contributed by atoms with Crippen LogP contribution in [0.1, 0.15) is 39.3 Å². The number of rotatable bonds is 5. The number of piperidine rings is 1. The van der Waals surface area contributed by atoms with Gasteiger partial charge in [-0.25, -0.2) is 0 Å². The Morgan fingerprint density at radius 2 is 1.93 bits per heavy atom. The lowest BCUT2D eigenvalue weighted by Crippen LogP contribution is -2.45. The van der Waals surface area contributed by atoms with Crippen molar-refractivity contribution in [2.24, 2.45) is 5.92 Å². The Bertz CT molecular complexity index is 828. The highest BCUT2D eigenvalue weighted by molar-refractivity contribution is 5.94. The van der Waals surface area contributed by atoms with Crippen molar-refractivity contribution in [3.63, 3.8) is 0 Å². The predicted molar refractivity (Wildman–Crippen MR) is 104 cm³/mol. The van der Waals surface area contributed by atoms with Gasteiger partial charge in [-0.05, 0) is 42.7 Å². The molecule has 1 aromatic carbocycles. The van der Waals surface area contributed by atoms with Crippen molar-refractivity contribution < 1.29 is 18.8 Å². The van der Waals surface area contributed by atoms with Crippen LogP contribution < -0.4 is 5.32 Å². The number of nitrogens with zero attached hydrogens (tertiary/aromatic N) is 2. The highest BCUT2D eigenvalue weighted by atomic mass is 16.3. The highest BCUT2D eigenvalue weighted by Gasteiger charge is 2.29. The third kappa shape index (κ3) is 4.60. The monoisotopic (exact) mass is 383 g/mol. The minimum Gasteiger partial charge on any atom is -0.459 e. The van der Waals surface area contributed by atoms with Gasteiger partial charge in [0.15, 0.2) is 5.76 Å². The predicted octanol–water partition coefficient (Wildman–Crippen LogP) is 2.15. The summed E-state index contributed by atoms with van der Waals surface area (Å²) in [4.78, 5) is 40.1. The van der Waals surface area contributed by atoms with Crippen LogP contribution in [0.3, 0.4) is 0 Å². The van der Waals surface area contributed by atoms with E-state index in [-0.39, 0.29) is 23.6 Å². The van der Waals surface area contributed by atoms with Crippen LogP contribution in [0.25, 0.3) is 0 Å².